The lowest BCUT2D eigenvalue weighted by molar-refractivity contribution is -0.140. The zero-order valence-electron chi connectivity index (χ0n) is 26.1. The molecule has 0 spiro atoms. The lowest BCUT2D eigenvalue weighted by atomic mass is 10.1. The summed E-state index contributed by atoms with van der Waals surface area (Å²) in [6.07, 6.45) is 1.08. The second kappa shape index (κ2) is 14.9. The van der Waals surface area contributed by atoms with Gasteiger partial charge in [-0.3, -0.25) is 13.9 Å². The highest BCUT2D eigenvalue weighted by molar-refractivity contribution is 7.92. The minimum Gasteiger partial charge on any atom is -0.493 e. The highest BCUT2D eigenvalue weighted by atomic mass is 32.2. The van der Waals surface area contributed by atoms with E-state index in [9.17, 15) is 18.0 Å². The molecule has 1 N–H and O–H groups in total. The monoisotopic (exact) mass is 609 g/mol. The van der Waals surface area contributed by atoms with Crippen molar-refractivity contribution in [2.45, 2.75) is 71.0 Å². The summed E-state index contributed by atoms with van der Waals surface area (Å²) in [5, 5.41) is 2.99. The number of benzene rings is 3. The molecule has 0 radical (unpaired) electrons. The fourth-order valence-corrected chi connectivity index (χ4v) is 6.00. The maximum absolute atomic E-state index is 14.3. The molecule has 0 saturated heterocycles. The molecule has 3 aromatic carbocycles. The number of carbonyl (C=O) groups is 2. The van der Waals surface area contributed by atoms with E-state index in [1.165, 1.54) is 37.3 Å². The molecule has 0 fully saturated rings. The summed E-state index contributed by atoms with van der Waals surface area (Å²) >= 11 is 0. The van der Waals surface area contributed by atoms with Gasteiger partial charge in [0.05, 0.1) is 24.8 Å². The number of methoxy groups -OCH3 is 2. The van der Waals surface area contributed by atoms with Crippen LogP contribution >= 0.6 is 0 Å². The Balaban J connectivity index is 2.11. The van der Waals surface area contributed by atoms with Crippen LogP contribution in [0.4, 0.5) is 5.69 Å². The molecule has 0 saturated carbocycles. The third-order valence-electron chi connectivity index (χ3n) is 7.40. The van der Waals surface area contributed by atoms with Crippen LogP contribution in [0.5, 0.6) is 11.5 Å². The average molecular weight is 610 g/mol. The molecular formula is C33H43N3O6S. The van der Waals surface area contributed by atoms with E-state index < -0.39 is 28.5 Å². The van der Waals surface area contributed by atoms with Gasteiger partial charge in [0.15, 0.2) is 11.5 Å². The van der Waals surface area contributed by atoms with Crippen LogP contribution < -0.4 is 19.1 Å². The summed E-state index contributed by atoms with van der Waals surface area (Å²) in [6, 6.07) is 17.9. The van der Waals surface area contributed by atoms with Crippen LogP contribution in [0, 0.1) is 13.8 Å². The van der Waals surface area contributed by atoms with Crippen LogP contribution in [0.1, 0.15) is 50.3 Å². The first kappa shape index (κ1) is 33.5. The van der Waals surface area contributed by atoms with E-state index >= 15 is 0 Å². The molecule has 3 aromatic rings. The van der Waals surface area contributed by atoms with Crippen molar-refractivity contribution in [3.63, 3.8) is 0 Å². The molecule has 0 aliphatic heterocycles. The maximum Gasteiger partial charge on any atom is 0.264 e. The molecule has 0 aliphatic rings. The summed E-state index contributed by atoms with van der Waals surface area (Å²) in [4.78, 5) is 29.2. The standard InChI is InChI=1S/C33H43N3O6S/c1-8-25(5)34-33(38)29(9-2)35(21-26-14-10-23(3)11-15-26)32(37)22-36(27-16-19-30(41-6)31(20-27)42-7)43(39,40)28-17-12-24(4)13-18-28/h10-20,25,29H,8-9,21-22H2,1-7H3,(H,34,38)/t25-,29-/m1/s1. The Bertz CT molecular complexity index is 1490. The number of nitrogens with one attached hydrogen (secondary N) is 1. The van der Waals surface area contributed by atoms with E-state index in [4.69, 9.17) is 9.47 Å². The molecule has 0 unspecified atom stereocenters. The van der Waals surface area contributed by atoms with Gasteiger partial charge in [-0.15, -0.1) is 0 Å². The number of carbonyl (C=O) groups excluding carboxylic acids is 2. The molecule has 9 nitrogen and oxygen atoms in total. The highest BCUT2D eigenvalue weighted by Crippen LogP contribution is 2.34. The topological polar surface area (TPSA) is 105 Å². The first-order valence-corrected chi connectivity index (χ1v) is 15.9. The van der Waals surface area contributed by atoms with Gasteiger partial charge in [0, 0.05) is 18.7 Å². The zero-order chi connectivity index (χ0) is 31.7. The van der Waals surface area contributed by atoms with Crippen LogP contribution in [0.25, 0.3) is 0 Å². The van der Waals surface area contributed by atoms with E-state index in [1.54, 1.807) is 24.3 Å². The van der Waals surface area contributed by atoms with Crippen LogP contribution in [-0.4, -0.2) is 58.0 Å². The quantitative estimate of drug-likeness (QED) is 0.268. The first-order valence-electron chi connectivity index (χ1n) is 14.4. The minimum absolute atomic E-state index is 0.0346. The number of aryl methyl sites for hydroxylation is 2. The van der Waals surface area contributed by atoms with E-state index in [-0.39, 0.29) is 29.1 Å². The summed E-state index contributed by atoms with van der Waals surface area (Å²) in [6.45, 7) is 9.15. The Hall–Kier alpha value is -4.05. The molecule has 3 rings (SSSR count). The number of hydrogen-bond donors (Lipinski definition) is 1. The summed E-state index contributed by atoms with van der Waals surface area (Å²) in [5.74, 6) is -0.0694. The van der Waals surface area contributed by atoms with Crippen molar-refractivity contribution < 1.29 is 27.5 Å². The van der Waals surface area contributed by atoms with Gasteiger partial charge < -0.3 is 19.7 Å². The normalized spacial score (nSPS) is 12.6. The van der Waals surface area contributed by atoms with E-state index in [1.807, 2.05) is 58.9 Å². The number of ether oxygens (including phenoxy) is 2. The van der Waals surface area contributed by atoms with E-state index in [0.29, 0.717) is 17.9 Å². The molecule has 0 bridgehead atoms. The predicted octanol–water partition coefficient (Wildman–Crippen LogP) is 5.24. The van der Waals surface area contributed by atoms with Gasteiger partial charge in [0.1, 0.15) is 12.6 Å². The molecule has 43 heavy (non-hydrogen) atoms. The molecule has 10 heteroatoms. The third kappa shape index (κ3) is 8.28. The number of amides is 2. The fraction of sp³-hybridized carbons (Fsp3) is 0.394. The molecule has 0 aromatic heterocycles. The summed E-state index contributed by atoms with van der Waals surface area (Å²) < 4.78 is 40.1. The van der Waals surface area contributed by atoms with Crippen LogP contribution in [0.15, 0.2) is 71.6 Å². The lowest BCUT2D eigenvalue weighted by Gasteiger charge is -2.34. The fourth-order valence-electron chi connectivity index (χ4n) is 4.60. The Morgan fingerprint density at radius 1 is 0.837 bits per heavy atom. The van der Waals surface area contributed by atoms with Crippen molar-refractivity contribution in [3.8, 4) is 11.5 Å². The van der Waals surface area contributed by atoms with Gasteiger partial charge in [-0.2, -0.15) is 0 Å². The largest absolute Gasteiger partial charge is 0.493 e. The van der Waals surface area contributed by atoms with Crippen LogP contribution in [-0.2, 0) is 26.2 Å². The van der Waals surface area contributed by atoms with Crippen LogP contribution in [0.2, 0.25) is 0 Å². The van der Waals surface area contributed by atoms with Crippen LogP contribution in [0.3, 0.4) is 0 Å². The third-order valence-corrected chi connectivity index (χ3v) is 9.19. The summed E-state index contributed by atoms with van der Waals surface area (Å²) in [5.41, 5.74) is 3.01. The van der Waals surface area contributed by atoms with E-state index in [2.05, 4.69) is 5.32 Å². The molecule has 232 valence electrons. The number of nitrogens with zero attached hydrogens (tertiary/aromatic N) is 2. The average Bonchev–Trinajstić information content (AvgIpc) is 3.00. The Morgan fingerprint density at radius 2 is 1.42 bits per heavy atom. The predicted molar refractivity (Wildman–Crippen MR) is 169 cm³/mol. The molecule has 0 aliphatic carbocycles. The van der Waals surface area contributed by atoms with Gasteiger partial charge in [-0.05, 0) is 63.4 Å². The zero-order valence-corrected chi connectivity index (χ0v) is 26.9. The minimum atomic E-state index is -4.21. The van der Waals surface area contributed by atoms with Crippen molar-refractivity contribution >= 4 is 27.5 Å². The Labute approximate surface area is 255 Å². The Morgan fingerprint density at radius 3 is 1.95 bits per heavy atom. The Kier molecular flexibility index (Phi) is 11.6. The van der Waals surface area contributed by atoms with E-state index in [0.717, 1.165) is 27.4 Å². The SMILES string of the molecule is CC[C@@H](C)NC(=O)[C@@H](CC)N(Cc1ccc(C)cc1)C(=O)CN(c1ccc(OC)c(OC)c1)S(=O)(=O)c1ccc(C)cc1. The lowest BCUT2D eigenvalue weighted by Crippen LogP contribution is -2.53. The number of sulfonamides is 1. The van der Waals surface area contributed by atoms with Crippen molar-refractivity contribution in [2.75, 3.05) is 25.1 Å². The maximum atomic E-state index is 14.3. The molecule has 0 heterocycles. The van der Waals surface area contributed by atoms with Crippen molar-refractivity contribution in [1.82, 2.24) is 10.2 Å². The number of hydrogen-bond acceptors (Lipinski definition) is 6. The molecular weight excluding hydrogens is 566 g/mol. The number of anilines is 1. The van der Waals surface area contributed by atoms with Crippen molar-refractivity contribution in [2.24, 2.45) is 0 Å². The van der Waals surface area contributed by atoms with Gasteiger partial charge in [-0.25, -0.2) is 8.42 Å². The van der Waals surface area contributed by atoms with Gasteiger partial charge in [0.2, 0.25) is 11.8 Å². The van der Waals surface area contributed by atoms with Crippen molar-refractivity contribution in [3.05, 3.63) is 83.4 Å². The first-order chi connectivity index (χ1) is 20.4. The number of rotatable bonds is 14. The second-order valence-electron chi connectivity index (χ2n) is 10.6. The molecule has 2 atom stereocenters. The molecule has 2 amide bonds. The van der Waals surface area contributed by atoms with Gasteiger partial charge >= 0.3 is 0 Å². The van der Waals surface area contributed by atoms with Crippen molar-refractivity contribution in [1.29, 1.82) is 0 Å². The van der Waals surface area contributed by atoms with Gasteiger partial charge in [0.25, 0.3) is 10.0 Å². The smallest absolute Gasteiger partial charge is 0.264 e. The van der Waals surface area contributed by atoms with Gasteiger partial charge in [-0.1, -0.05) is 61.4 Å². The highest BCUT2D eigenvalue weighted by Gasteiger charge is 2.34. The second-order valence-corrected chi connectivity index (χ2v) is 12.5. The summed E-state index contributed by atoms with van der Waals surface area (Å²) in [7, 11) is -1.27.